The fraction of sp³-hybridized carbons (Fsp3) is 0.727. The smallest absolute Gasteiger partial charge is 0.324 e. The molecule has 0 spiro atoms. The lowest BCUT2D eigenvalue weighted by molar-refractivity contribution is -0.166. The van der Waals surface area contributed by atoms with E-state index >= 15 is 0 Å². The van der Waals surface area contributed by atoms with Gasteiger partial charge in [0.25, 0.3) is 0 Å². The summed E-state index contributed by atoms with van der Waals surface area (Å²) in [6.07, 6.45) is -4.84. The second kappa shape index (κ2) is 9.68. The Hall–Kier alpha value is -1.20. The molecule has 0 aliphatic carbocycles. The summed E-state index contributed by atoms with van der Waals surface area (Å²) < 4.78 is 4.86. The maximum atomic E-state index is 11.6. The molecule has 21 heavy (non-hydrogen) atoms. The van der Waals surface area contributed by atoms with E-state index in [0.717, 1.165) is 6.92 Å². The number of esters is 1. The molecule has 0 saturated carbocycles. The summed E-state index contributed by atoms with van der Waals surface area (Å²) in [6, 6.07) is -2.52. The molecule has 0 rings (SSSR count). The van der Waals surface area contributed by atoms with Crippen molar-refractivity contribution in [3.05, 3.63) is 0 Å². The molecule has 122 valence electrons. The SMILES string of the molecule is CC(=O)N[C@@H](C=O)[C@@H](OC(=O)[C@@H](N)CS)[C@H](O)[C@H](O)CO. The molecule has 0 bridgehead atoms. The van der Waals surface area contributed by atoms with E-state index in [9.17, 15) is 24.6 Å². The first-order chi connectivity index (χ1) is 9.78. The van der Waals surface area contributed by atoms with Gasteiger partial charge in [0.2, 0.25) is 5.91 Å². The molecule has 0 radical (unpaired) electrons. The quantitative estimate of drug-likeness (QED) is 0.145. The minimum atomic E-state index is -1.80. The molecule has 0 fully saturated rings. The van der Waals surface area contributed by atoms with Gasteiger partial charge < -0.3 is 35.9 Å². The summed E-state index contributed by atoms with van der Waals surface area (Å²) in [5.74, 6) is -1.63. The van der Waals surface area contributed by atoms with Crippen molar-refractivity contribution >= 4 is 30.8 Å². The lowest BCUT2D eigenvalue weighted by Gasteiger charge is -2.30. The molecular weight excluding hydrogens is 304 g/mol. The number of aldehydes is 1. The Balaban J connectivity index is 5.19. The number of rotatable bonds is 9. The molecule has 0 aromatic carbocycles. The van der Waals surface area contributed by atoms with E-state index in [1.54, 1.807) is 0 Å². The van der Waals surface area contributed by atoms with Gasteiger partial charge in [-0.05, 0) is 0 Å². The van der Waals surface area contributed by atoms with Crippen LogP contribution in [0, 0.1) is 0 Å². The van der Waals surface area contributed by atoms with E-state index in [0.29, 0.717) is 0 Å². The first-order valence-corrected chi connectivity index (χ1v) is 6.68. The van der Waals surface area contributed by atoms with Crippen LogP contribution in [0.25, 0.3) is 0 Å². The first kappa shape index (κ1) is 19.8. The number of amides is 1. The Bertz CT molecular complexity index is 368. The lowest BCUT2D eigenvalue weighted by Crippen LogP contribution is -2.56. The third-order valence-electron chi connectivity index (χ3n) is 2.54. The van der Waals surface area contributed by atoms with E-state index in [1.165, 1.54) is 0 Å². The van der Waals surface area contributed by atoms with Crippen LogP contribution in [-0.2, 0) is 19.1 Å². The Kier molecular flexibility index (Phi) is 9.13. The summed E-state index contributed by atoms with van der Waals surface area (Å²) in [7, 11) is 0. The van der Waals surface area contributed by atoms with Crippen molar-refractivity contribution in [2.75, 3.05) is 12.4 Å². The average Bonchev–Trinajstić information content (AvgIpc) is 2.47. The van der Waals surface area contributed by atoms with Crippen molar-refractivity contribution in [3.63, 3.8) is 0 Å². The largest absolute Gasteiger partial charge is 0.456 e. The maximum Gasteiger partial charge on any atom is 0.324 e. The number of ether oxygens (including phenoxy) is 1. The monoisotopic (exact) mass is 324 g/mol. The molecule has 0 aromatic heterocycles. The van der Waals surface area contributed by atoms with Crippen molar-refractivity contribution < 1.29 is 34.4 Å². The molecule has 5 atom stereocenters. The number of aliphatic hydroxyl groups is 3. The fourth-order valence-corrected chi connectivity index (χ4v) is 1.56. The van der Waals surface area contributed by atoms with E-state index < -0.39 is 48.9 Å². The molecule has 6 N–H and O–H groups in total. The Morgan fingerprint density at radius 2 is 2.00 bits per heavy atom. The Labute approximate surface area is 126 Å². The normalized spacial score (nSPS) is 18.0. The van der Waals surface area contributed by atoms with Crippen molar-refractivity contribution in [2.24, 2.45) is 5.73 Å². The first-order valence-electron chi connectivity index (χ1n) is 6.04. The molecule has 0 heterocycles. The number of thiol groups is 1. The van der Waals surface area contributed by atoms with Gasteiger partial charge in [-0.3, -0.25) is 9.59 Å². The van der Waals surface area contributed by atoms with Crippen LogP contribution in [0.3, 0.4) is 0 Å². The molecule has 0 aromatic rings. The minimum Gasteiger partial charge on any atom is -0.456 e. The van der Waals surface area contributed by atoms with Crippen LogP contribution in [-0.4, -0.2) is 76.2 Å². The molecule has 0 aliphatic heterocycles. The van der Waals surface area contributed by atoms with Crippen LogP contribution in [0.5, 0.6) is 0 Å². The van der Waals surface area contributed by atoms with Crippen LogP contribution in [0.1, 0.15) is 6.92 Å². The topological polar surface area (TPSA) is 159 Å². The molecule has 0 saturated heterocycles. The summed E-state index contributed by atoms with van der Waals surface area (Å²) in [6.45, 7) is 0.281. The highest BCUT2D eigenvalue weighted by Crippen LogP contribution is 2.10. The highest BCUT2D eigenvalue weighted by molar-refractivity contribution is 7.80. The molecule has 0 aliphatic rings. The van der Waals surface area contributed by atoms with Gasteiger partial charge in [0.15, 0.2) is 6.10 Å². The number of nitrogens with two attached hydrogens (primary N) is 1. The second-order valence-corrected chi connectivity index (χ2v) is 4.66. The summed E-state index contributed by atoms with van der Waals surface area (Å²) in [5.41, 5.74) is 5.40. The zero-order valence-electron chi connectivity index (χ0n) is 11.4. The molecule has 1 amide bonds. The third-order valence-corrected chi connectivity index (χ3v) is 2.93. The van der Waals surface area contributed by atoms with Gasteiger partial charge in [-0.2, -0.15) is 12.6 Å². The number of nitrogens with one attached hydrogen (secondary N) is 1. The highest BCUT2D eigenvalue weighted by atomic mass is 32.1. The standard InChI is InChI=1S/C11H20N2O7S/c1-5(16)13-7(2-14)10(9(18)8(17)3-15)20-11(19)6(12)4-21/h2,6-10,15,17-18,21H,3-4,12H2,1H3,(H,13,16)/t6-,7-,8+,9+,10+/m0/s1. The summed E-state index contributed by atoms with van der Waals surface area (Å²) >= 11 is 3.80. The van der Waals surface area contributed by atoms with Crippen LogP contribution >= 0.6 is 12.6 Å². The van der Waals surface area contributed by atoms with Crippen LogP contribution in [0.4, 0.5) is 0 Å². The predicted molar refractivity (Wildman–Crippen MR) is 74.5 cm³/mol. The molecule has 0 unspecified atom stereocenters. The van der Waals surface area contributed by atoms with Crippen molar-refractivity contribution in [1.82, 2.24) is 5.32 Å². The zero-order valence-corrected chi connectivity index (χ0v) is 12.3. The van der Waals surface area contributed by atoms with Crippen molar-refractivity contribution in [3.8, 4) is 0 Å². The van der Waals surface area contributed by atoms with E-state index in [-0.39, 0.29) is 12.0 Å². The maximum absolute atomic E-state index is 11.6. The van der Waals surface area contributed by atoms with Crippen LogP contribution in [0.15, 0.2) is 0 Å². The predicted octanol–water partition coefficient (Wildman–Crippen LogP) is -3.43. The minimum absolute atomic E-state index is 0.0455. The van der Waals surface area contributed by atoms with Gasteiger partial charge in [0, 0.05) is 12.7 Å². The van der Waals surface area contributed by atoms with Crippen molar-refractivity contribution in [2.45, 2.75) is 37.3 Å². The third kappa shape index (κ3) is 6.40. The fourth-order valence-electron chi connectivity index (χ4n) is 1.41. The molecular formula is C11H20N2O7S. The number of carbonyl (C=O) groups is 3. The van der Waals surface area contributed by atoms with Gasteiger partial charge in [-0.25, -0.2) is 0 Å². The number of hydrogen-bond acceptors (Lipinski definition) is 9. The second-order valence-electron chi connectivity index (χ2n) is 4.29. The zero-order chi connectivity index (χ0) is 16.6. The van der Waals surface area contributed by atoms with E-state index in [1.807, 2.05) is 0 Å². The van der Waals surface area contributed by atoms with Gasteiger partial charge in [-0.1, -0.05) is 0 Å². The van der Waals surface area contributed by atoms with E-state index in [2.05, 4.69) is 17.9 Å². The number of carbonyl (C=O) groups excluding carboxylic acids is 3. The van der Waals surface area contributed by atoms with Crippen LogP contribution < -0.4 is 11.1 Å². The van der Waals surface area contributed by atoms with Crippen molar-refractivity contribution in [1.29, 1.82) is 0 Å². The van der Waals surface area contributed by atoms with Crippen LogP contribution in [0.2, 0.25) is 0 Å². The van der Waals surface area contributed by atoms with Gasteiger partial charge in [0.1, 0.15) is 30.6 Å². The summed E-state index contributed by atoms with van der Waals surface area (Å²) in [4.78, 5) is 33.7. The van der Waals surface area contributed by atoms with E-state index in [4.69, 9.17) is 15.6 Å². The lowest BCUT2D eigenvalue weighted by atomic mass is 10.0. The average molecular weight is 324 g/mol. The molecule has 10 heteroatoms. The Morgan fingerprint density at radius 1 is 1.43 bits per heavy atom. The van der Waals surface area contributed by atoms with Gasteiger partial charge >= 0.3 is 5.97 Å². The summed E-state index contributed by atoms with van der Waals surface area (Å²) in [5, 5.41) is 30.2. The molecule has 9 nitrogen and oxygen atoms in total. The highest BCUT2D eigenvalue weighted by Gasteiger charge is 2.37. The van der Waals surface area contributed by atoms with Gasteiger partial charge in [-0.15, -0.1) is 0 Å². The number of aliphatic hydroxyl groups excluding tert-OH is 3. The Morgan fingerprint density at radius 3 is 2.38 bits per heavy atom. The number of hydrogen-bond donors (Lipinski definition) is 6. The van der Waals surface area contributed by atoms with Gasteiger partial charge in [0.05, 0.1) is 6.61 Å².